The number of benzene rings is 1. The van der Waals surface area contributed by atoms with E-state index in [1.165, 1.54) is 13.3 Å². The van der Waals surface area contributed by atoms with Crippen LogP contribution in [0, 0.1) is 6.57 Å². The molecule has 6 nitrogen and oxygen atoms in total. The molecule has 4 rings (SSSR count). The standard InChI is InChI=1S/C17H13N5O/c1-10(23)16-13(8-19-9-20-16)17-21-14-6-3-11(18-2)7-15(14)22(17)12-4-5-12/h3,6-9,12H,4-5H2,1H3. The summed E-state index contributed by atoms with van der Waals surface area (Å²) in [6.45, 7) is 8.70. The first-order valence-electron chi connectivity index (χ1n) is 7.40. The smallest absolute Gasteiger partial charge is 0.189 e. The number of fused-ring (bicyclic) bond motifs is 1. The molecule has 1 aromatic carbocycles. The molecule has 0 N–H and O–H groups in total. The molecule has 0 unspecified atom stereocenters. The summed E-state index contributed by atoms with van der Waals surface area (Å²) in [7, 11) is 0. The predicted octanol–water partition coefficient (Wildman–Crippen LogP) is 3.58. The van der Waals surface area contributed by atoms with Gasteiger partial charge in [0.2, 0.25) is 0 Å². The molecule has 3 aromatic rings. The van der Waals surface area contributed by atoms with Gasteiger partial charge in [0.15, 0.2) is 11.5 Å². The number of aromatic nitrogens is 4. The van der Waals surface area contributed by atoms with Gasteiger partial charge in [-0.15, -0.1) is 0 Å². The number of hydrogen-bond donors (Lipinski definition) is 0. The van der Waals surface area contributed by atoms with Gasteiger partial charge in [0.25, 0.3) is 0 Å². The Bertz CT molecular complexity index is 978. The molecule has 23 heavy (non-hydrogen) atoms. The molecule has 0 amide bonds. The molecule has 112 valence electrons. The van der Waals surface area contributed by atoms with Crippen molar-refractivity contribution in [3.8, 4) is 11.4 Å². The highest BCUT2D eigenvalue weighted by Crippen LogP contribution is 2.42. The zero-order valence-corrected chi connectivity index (χ0v) is 12.5. The fourth-order valence-corrected chi connectivity index (χ4v) is 2.82. The van der Waals surface area contributed by atoms with Crippen molar-refractivity contribution in [3.05, 3.63) is 47.8 Å². The quantitative estimate of drug-likeness (QED) is 0.548. The number of hydrogen-bond acceptors (Lipinski definition) is 4. The van der Waals surface area contributed by atoms with Crippen LogP contribution in [0.25, 0.3) is 27.3 Å². The summed E-state index contributed by atoms with van der Waals surface area (Å²) in [5, 5.41) is 0. The van der Waals surface area contributed by atoms with Crippen LogP contribution in [-0.4, -0.2) is 25.3 Å². The van der Waals surface area contributed by atoms with Crippen LogP contribution in [-0.2, 0) is 0 Å². The minimum atomic E-state index is -0.112. The van der Waals surface area contributed by atoms with Crippen molar-refractivity contribution in [1.82, 2.24) is 19.5 Å². The summed E-state index contributed by atoms with van der Waals surface area (Å²) in [5.74, 6) is 0.592. The van der Waals surface area contributed by atoms with Crippen LogP contribution in [0.2, 0.25) is 0 Å². The molecule has 1 aliphatic carbocycles. The molecule has 0 saturated heterocycles. The second-order valence-electron chi connectivity index (χ2n) is 5.66. The molecular formula is C17H13N5O. The molecule has 1 aliphatic rings. The first-order valence-corrected chi connectivity index (χ1v) is 7.40. The van der Waals surface area contributed by atoms with Gasteiger partial charge in [-0.3, -0.25) is 4.79 Å². The summed E-state index contributed by atoms with van der Waals surface area (Å²) in [4.78, 5) is 28.3. The molecule has 1 fully saturated rings. The Morgan fingerprint density at radius 2 is 2.22 bits per heavy atom. The largest absolute Gasteiger partial charge is 0.322 e. The molecule has 0 radical (unpaired) electrons. The zero-order chi connectivity index (χ0) is 16.0. The highest BCUT2D eigenvalue weighted by atomic mass is 16.1. The SMILES string of the molecule is [C-]#[N+]c1ccc2nc(-c3cncnc3C(C)=O)n(C3CC3)c2c1. The third kappa shape index (κ3) is 2.18. The third-order valence-electron chi connectivity index (χ3n) is 4.00. The molecule has 0 spiro atoms. The maximum atomic E-state index is 11.9. The van der Waals surface area contributed by atoms with Crippen LogP contribution < -0.4 is 0 Å². The number of ketones is 1. The molecule has 1 saturated carbocycles. The van der Waals surface area contributed by atoms with Gasteiger partial charge in [-0.05, 0) is 25.0 Å². The average molecular weight is 303 g/mol. The number of carbonyl (C=O) groups is 1. The monoisotopic (exact) mass is 303 g/mol. The number of Topliss-reactive ketones (excluding diaryl/α,β-unsaturated/α-hetero) is 1. The van der Waals surface area contributed by atoms with Gasteiger partial charge in [0, 0.05) is 19.2 Å². The lowest BCUT2D eigenvalue weighted by molar-refractivity contribution is 0.101. The second kappa shape index (κ2) is 4.99. The van der Waals surface area contributed by atoms with E-state index < -0.39 is 0 Å². The van der Waals surface area contributed by atoms with Crippen molar-refractivity contribution in [2.24, 2.45) is 0 Å². The lowest BCUT2D eigenvalue weighted by Gasteiger charge is -2.09. The minimum absolute atomic E-state index is 0.112. The van der Waals surface area contributed by atoms with E-state index in [4.69, 9.17) is 11.6 Å². The van der Waals surface area contributed by atoms with E-state index in [-0.39, 0.29) is 5.78 Å². The fourth-order valence-electron chi connectivity index (χ4n) is 2.82. The Kier molecular flexibility index (Phi) is 2.95. The Morgan fingerprint density at radius 3 is 2.91 bits per heavy atom. The summed E-state index contributed by atoms with van der Waals surface area (Å²) in [6.07, 6.45) is 5.16. The van der Waals surface area contributed by atoms with Crippen molar-refractivity contribution in [3.63, 3.8) is 0 Å². The Morgan fingerprint density at radius 1 is 1.39 bits per heavy atom. The van der Waals surface area contributed by atoms with E-state index in [1.54, 1.807) is 12.3 Å². The van der Waals surface area contributed by atoms with E-state index in [1.807, 2.05) is 12.1 Å². The molecular weight excluding hydrogens is 290 g/mol. The van der Waals surface area contributed by atoms with Crippen molar-refractivity contribution < 1.29 is 4.79 Å². The van der Waals surface area contributed by atoms with E-state index in [0.717, 1.165) is 23.9 Å². The number of carbonyl (C=O) groups excluding carboxylic acids is 1. The molecule has 0 bridgehead atoms. The average Bonchev–Trinajstić information content (AvgIpc) is 3.34. The third-order valence-corrected chi connectivity index (χ3v) is 4.00. The first-order chi connectivity index (χ1) is 11.2. The lowest BCUT2D eigenvalue weighted by atomic mass is 10.1. The summed E-state index contributed by atoms with van der Waals surface area (Å²) in [5.41, 5.74) is 3.35. The number of nitrogens with zero attached hydrogens (tertiary/aromatic N) is 5. The number of rotatable bonds is 3. The van der Waals surface area contributed by atoms with Gasteiger partial charge < -0.3 is 4.57 Å². The van der Waals surface area contributed by atoms with E-state index in [2.05, 4.69) is 19.4 Å². The van der Waals surface area contributed by atoms with Gasteiger partial charge in [0.05, 0.1) is 23.2 Å². The zero-order valence-electron chi connectivity index (χ0n) is 12.5. The normalized spacial score (nSPS) is 13.9. The Labute approximate surface area is 132 Å². The molecule has 0 aliphatic heterocycles. The highest BCUT2D eigenvalue weighted by Gasteiger charge is 2.30. The van der Waals surface area contributed by atoms with Gasteiger partial charge in [-0.2, -0.15) is 0 Å². The summed E-state index contributed by atoms with van der Waals surface area (Å²) >= 11 is 0. The van der Waals surface area contributed by atoms with Gasteiger partial charge in [0.1, 0.15) is 17.8 Å². The van der Waals surface area contributed by atoms with Gasteiger partial charge in [-0.1, -0.05) is 6.07 Å². The second-order valence-corrected chi connectivity index (χ2v) is 5.66. The predicted molar refractivity (Wildman–Crippen MR) is 85.3 cm³/mol. The maximum absolute atomic E-state index is 11.9. The van der Waals surface area contributed by atoms with Crippen LogP contribution in [0.15, 0.2) is 30.7 Å². The van der Waals surface area contributed by atoms with Crippen LogP contribution in [0.4, 0.5) is 5.69 Å². The molecule has 2 aromatic heterocycles. The molecule has 2 heterocycles. The maximum Gasteiger partial charge on any atom is 0.189 e. The minimum Gasteiger partial charge on any atom is -0.322 e. The van der Waals surface area contributed by atoms with Crippen molar-refractivity contribution >= 4 is 22.5 Å². The molecule has 0 atom stereocenters. The topological polar surface area (TPSA) is 65.0 Å². The van der Waals surface area contributed by atoms with Gasteiger partial charge >= 0.3 is 0 Å². The van der Waals surface area contributed by atoms with Gasteiger partial charge in [-0.25, -0.2) is 19.8 Å². The Hall–Kier alpha value is -3.07. The highest BCUT2D eigenvalue weighted by molar-refractivity contribution is 5.98. The fraction of sp³-hybridized carbons (Fsp3) is 0.235. The van der Waals surface area contributed by atoms with Crippen LogP contribution in [0.1, 0.15) is 36.3 Å². The first kappa shape index (κ1) is 13.6. The van der Waals surface area contributed by atoms with E-state index in [9.17, 15) is 4.79 Å². The van der Waals surface area contributed by atoms with E-state index >= 15 is 0 Å². The number of imidazole rings is 1. The Balaban J connectivity index is 2.03. The summed E-state index contributed by atoms with van der Waals surface area (Å²) < 4.78 is 2.12. The van der Waals surface area contributed by atoms with Crippen molar-refractivity contribution in [1.29, 1.82) is 0 Å². The van der Waals surface area contributed by atoms with Crippen molar-refractivity contribution in [2.45, 2.75) is 25.8 Å². The van der Waals surface area contributed by atoms with Crippen molar-refractivity contribution in [2.75, 3.05) is 0 Å². The summed E-state index contributed by atoms with van der Waals surface area (Å²) in [6, 6.07) is 5.82. The van der Waals surface area contributed by atoms with Crippen LogP contribution in [0.3, 0.4) is 0 Å². The van der Waals surface area contributed by atoms with E-state index in [0.29, 0.717) is 28.8 Å². The molecule has 6 heteroatoms. The lowest BCUT2D eigenvalue weighted by Crippen LogP contribution is -2.05. The van der Waals surface area contributed by atoms with Crippen LogP contribution in [0.5, 0.6) is 0 Å². The van der Waals surface area contributed by atoms with Crippen LogP contribution >= 0.6 is 0 Å².